The van der Waals surface area contributed by atoms with Crippen molar-refractivity contribution in [3.8, 4) is 23.0 Å². The number of rotatable bonds is 10. The van der Waals surface area contributed by atoms with Gasteiger partial charge in [0.15, 0.2) is 29.1 Å². The predicted octanol–water partition coefficient (Wildman–Crippen LogP) is 0.558. The Balaban J connectivity index is 1.48. The highest BCUT2D eigenvalue weighted by molar-refractivity contribution is 5.75. The molecule has 2 fully saturated rings. The van der Waals surface area contributed by atoms with Gasteiger partial charge in [0, 0.05) is 5.92 Å². The molecule has 0 saturated carbocycles. The maximum absolute atomic E-state index is 12.6. The Kier molecular flexibility index (Phi) is 8.80. The van der Waals surface area contributed by atoms with Crippen molar-refractivity contribution in [1.82, 2.24) is 0 Å². The Hall–Kier alpha value is -3.58. The number of cyclic esters (lactones) is 1. The second kappa shape index (κ2) is 12.1. The molecule has 7 atom stereocenters. The zero-order chi connectivity index (χ0) is 28.3. The third-order valence-corrected chi connectivity index (χ3v) is 7.00. The maximum atomic E-state index is 12.6. The van der Waals surface area contributed by atoms with Crippen LogP contribution < -0.4 is 18.9 Å². The van der Waals surface area contributed by atoms with Crippen molar-refractivity contribution in [3.63, 3.8) is 0 Å². The van der Waals surface area contributed by atoms with Crippen molar-refractivity contribution in [2.45, 2.75) is 43.5 Å². The average molecular weight is 549 g/mol. The van der Waals surface area contributed by atoms with Crippen molar-refractivity contribution in [3.05, 3.63) is 47.5 Å². The molecule has 2 aliphatic heterocycles. The molecule has 2 saturated heterocycles. The van der Waals surface area contributed by atoms with Crippen molar-refractivity contribution in [1.29, 1.82) is 0 Å². The number of benzene rings is 2. The summed E-state index contributed by atoms with van der Waals surface area (Å²) in [5.74, 6) is -0.758. The highest BCUT2D eigenvalue weighted by Gasteiger charge is 2.48. The van der Waals surface area contributed by atoms with E-state index in [-0.39, 0.29) is 30.0 Å². The lowest BCUT2D eigenvalue weighted by Gasteiger charge is -2.38. The number of aliphatic carboxylic acids is 1. The summed E-state index contributed by atoms with van der Waals surface area (Å²) in [6, 6.07) is 10.5. The Morgan fingerprint density at radius 1 is 0.846 bits per heavy atom. The van der Waals surface area contributed by atoms with Gasteiger partial charge in [0.2, 0.25) is 6.29 Å². The van der Waals surface area contributed by atoms with Crippen molar-refractivity contribution >= 4 is 11.9 Å². The van der Waals surface area contributed by atoms with Crippen LogP contribution in [0.1, 0.15) is 11.1 Å². The van der Waals surface area contributed by atoms with Crippen molar-refractivity contribution in [2.75, 3.05) is 27.9 Å². The van der Waals surface area contributed by atoms with Gasteiger partial charge >= 0.3 is 11.9 Å². The van der Waals surface area contributed by atoms with Gasteiger partial charge < -0.3 is 48.8 Å². The molecule has 4 rings (SSSR count). The number of hydrogen-bond donors (Lipinski definition) is 4. The third-order valence-electron chi connectivity index (χ3n) is 7.00. The fourth-order valence-electron chi connectivity index (χ4n) is 4.83. The van der Waals surface area contributed by atoms with Gasteiger partial charge in [0.05, 0.1) is 33.9 Å². The molecule has 2 aromatic rings. The summed E-state index contributed by atoms with van der Waals surface area (Å²) in [4.78, 5) is 24.0. The van der Waals surface area contributed by atoms with Crippen LogP contribution in [0.15, 0.2) is 36.4 Å². The number of hydrogen-bond acceptors (Lipinski definition) is 11. The zero-order valence-corrected chi connectivity index (χ0v) is 21.7. The van der Waals surface area contributed by atoms with E-state index in [1.807, 2.05) is 18.2 Å². The van der Waals surface area contributed by atoms with Crippen LogP contribution in [0.25, 0.3) is 0 Å². The molecular formula is C27H32O12. The number of aliphatic hydroxyl groups excluding tert-OH is 3. The summed E-state index contributed by atoms with van der Waals surface area (Å²) in [7, 11) is 4.52. The van der Waals surface area contributed by atoms with E-state index in [0.717, 1.165) is 11.1 Å². The van der Waals surface area contributed by atoms with Crippen LogP contribution in [0.3, 0.4) is 0 Å². The summed E-state index contributed by atoms with van der Waals surface area (Å²) in [5, 5.41) is 39.4. The molecule has 4 N–H and O–H groups in total. The number of ether oxygens (including phenoxy) is 6. The highest BCUT2D eigenvalue weighted by atomic mass is 16.7. The molecule has 0 aromatic heterocycles. The average Bonchev–Trinajstić information content (AvgIpc) is 3.27. The molecule has 212 valence electrons. The molecule has 0 aliphatic carbocycles. The molecule has 39 heavy (non-hydrogen) atoms. The van der Waals surface area contributed by atoms with Crippen LogP contribution >= 0.6 is 0 Å². The number of carboxylic acid groups (broad SMARTS) is 1. The van der Waals surface area contributed by atoms with E-state index < -0.39 is 42.6 Å². The standard InChI is InChI=1S/C27H32O12/c1-34-17-6-4-13(10-19(17)35-2)8-15-12-37-26(33)16(15)9-14-5-7-18(20(11-14)36-3)38-27-23(30)21(28)22(29)24(39-27)25(31)32/h4-7,10-11,15-16,21-24,27-30H,8-9,12H2,1-3H3,(H,31,32)/t15-,16+,21-,22-,23+,24-,27+/m0/s1. The fourth-order valence-corrected chi connectivity index (χ4v) is 4.83. The van der Waals surface area contributed by atoms with E-state index in [4.69, 9.17) is 28.4 Å². The van der Waals surface area contributed by atoms with Gasteiger partial charge in [0.1, 0.15) is 18.3 Å². The van der Waals surface area contributed by atoms with Gasteiger partial charge in [0.25, 0.3) is 0 Å². The molecule has 0 unspecified atom stereocenters. The molecular weight excluding hydrogens is 516 g/mol. The number of aliphatic hydroxyl groups is 3. The highest BCUT2D eigenvalue weighted by Crippen LogP contribution is 2.36. The summed E-state index contributed by atoms with van der Waals surface area (Å²) >= 11 is 0. The zero-order valence-electron chi connectivity index (χ0n) is 21.7. The lowest BCUT2D eigenvalue weighted by Crippen LogP contribution is -2.61. The quantitative estimate of drug-likeness (QED) is 0.305. The Morgan fingerprint density at radius 3 is 2.05 bits per heavy atom. The number of carbonyl (C=O) groups is 2. The topological polar surface area (TPSA) is 170 Å². The molecule has 2 heterocycles. The molecule has 0 bridgehead atoms. The van der Waals surface area contributed by atoms with Crippen LogP contribution in [0.5, 0.6) is 23.0 Å². The minimum absolute atomic E-state index is 0.0795. The first kappa shape index (κ1) is 28.4. The summed E-state index contributed by atoms with van der Waals surface area (Å²) in [5.41, 5.74) is 1.73. The van der Waals surface area contributed by atoms with Crippen LogP contribution in [0.4, 0.5) is 0 Å². The van der Waals surface area contributed by atoms with E-state index in [2.05, 4.69) is 0 Å². The lowest BCUT2D eigenvalue weighted by molar-refractivity contribution is -0.271. The molecule has 0 amide bonds. The first-order valence-corrected chi connectivity index (χ1v) is 12.3. The predicted molar refractivity (Wildman–Crippen MR) is 133 cm³/mol. The Morgan fingerprint density at radius 2 is 1.44 bits per heavy atom. The van der Waals surface area contributed by atoms with Gasteiger partial charge in [-0.1, -0.05) is 12.1 Å². The molecule has 2 aromatic carbocycles. The first-order chi connectivity index (χ1) is 18.7. The fraction of sp³-hybridized carbons (Fsp3) is 0.481. The minimum Gasteiger partial charge on any atom is -0.493 e. The first-order valence-electron chi connectivity index (χ1n) is 12.3. The number of esters is 1. The normalized spacial score (nSPS) is 28.5. The number of carboxylic acids is 1. The van der Waals surface area contributed by atoms with Crippen molar-refractivity contribution in [2.24, 2.45) is 11.8 Å². The van der Waals surface area contributed by atoms with Crippen LogP contribution in [0, 0.1) is 11.8 Å². The lowest BCUT2D eigenvalue weighted by atomic mass is 9.85. The van der Waals surface area contributed by atoms with Gasteiger partial charge in [-0.2, -0.15) is 0 Å². The van der Waals surface area contributed by atoms with E-state index in [1.54, 1.807) is 26.4 Å². The van der Waals surface area contributed by atoms with E-state index in [0.29, 0.717) is 24.3 Å². The smallest absolute Gasteiger partial charge is 0.335 e. The molecule has 12 heteroatoms. The van der Waals surface area contributed by atoms with Gasteiger partial charge in [-0.3, -0.25) is 4.79 Å². The number of carbonyl (C=O) groups excluding carboxylic acids is 1. The Bertz CT molecular complexity index is 1180. The monoisotopic (exact) mass is 548 g/mol. The summed E-state index contributed by atoms with van der Waals surface area (Å²) < 4.78 is 32.3. The molecule has 0 radical (unpaired) electrons. The number of methoxy groups -OCH3 is 3. The van der Waals surface area contributed by atoms with Crippen LogP contribution in [-0.2, 0) is 31.9 Å². The van der Waals surface area contributed by atoms with Crippen molar-refractivity contribution < 1.29 is 58.4 Å². The van der Waals surface area contributed by atoms with Gasteiger partial charge in [-0.15, -0.1) is 0 Å². The van der Waals surface area contributed by atoms with Gasteiger partial charge in [-0.25, -0.2) is 4.79 Å². The largest absolute Gasteiger partial charge is 0.493 e. The minimum atomic E-state index is -1.83. The van der Waals surface area contributed by atoms with Crippen LogP contribution in [0.2, 0.25) is 0 Å². The van der Waals surface area contributed by atoms with Crippen LogP contribution in [-0.4, -0.2) is 91.0 Å². The van der Waals surface area contributed by atoms with Gasteiger partial charge in [-0.05, 0) is 48.2 Å². The third kappa shape index (κ3) is 6.04. The SMILES string of the molecule is COc1ccc(C[C@H]2COC(=O)[C@@H]2Cc2ccc(O[C@@H]3O[C@H](C(=O)O)[C@@H](O)[C@H](O)[C@H]3O)c(OC)c2)cc1OC. The second-order valence-corrected chi connectivity index (χ2v) is 9.43. The van der Waals surface area contributed by atoms with E-state index in [9.17, 15) is 30.0 Å². The Labute approximate surface area is 224 Å². The second-order valence-electron chi connectivity index (χ2n) is 9.43. The van der Waals surface area contributed by atoms with E-state index in [1.165, 1.54) is 13.2 Å². The van der Waals surface area contributed by atoms with E-state index >= 15 is 0 Å². The molecule has 2 aliphatic rings. The maximum Gasteiger partial charge on any atom is 0.335 e. The summed E-state index contributed by atoms with van der Waals surface area (Å²) in [6.45, 7) is 0.284. The molecule has 0 spiro atoms. The summed E-state index contributed by atoms with van der Waals surface area (Å²) in [6.07, 6.45) is -7.78. The molecule has 12 nitrogen and oxygen atoms in total.